The molecular weight excluding hydrogens is 272 g/mol. The Hall–Kier alpha value is -1.80. The molecule has 0 unspecified atom stereocenters. The quantitative estimate of drug-likeness (QED) is 0.732. The van der Waals surface area contributed by atoms with Crippen LogP contribution in [0.15, 0.2) is 54.6 Å². The minimum Gasteiger partial charge on any atom is -0.489 e. The normalized spacial score (nSPS) is 13.6. The molecule has 0 aliphatic carbocycles. The van der Waals surface area contributed by atoms with E-state index in [4.69, 9.17) is 4.74 Å². The Morgan fingerprint density at radius 2 is 1.82 bits per heavy atom. The fraction of sp³-hybridized carbons (Fsp3) is 0.400. The molecule has 2 aromatic carbocycles. The van der Waals surface area contributed by atoms with Crippen LogP contribution in [-0.2, 0) is 6.61 Å². The first-order valence-corrected chi connectivity index (χ1v) is 8.15. The van der Waals surface area contributed by atoms with Gasteiger partial charge in [-0.15, -0.1) is 0 Å². The van der Waals surface area contributed by atoms with Crippen LogP contribution in [0.25, 0.3) is 0 Å². The van der Waals surface area contributed by atoms with E-state index in [1.165, 1.54) is 0 Å². The lowest BCUT2D eigenvalue weighted by atomic mass is 9.93. The predicted octanol–water partition coefficient (Wildman–Crippen LogP) is 5.13. The Labute approximate surface area is 133 Å². The SMILES string of the molecule is CCCC[C@H](C)[C@@H](O)c1cccc(OCc2ccccc2)c1. The zero-order chi connectivity index (χ0) is 15.8. The second kappa shape index (κ2) is 8.60. The van der Waals surface area contributed by atoms with Crippen molar-refractivity contribution in [2.24, 2.45) is 5.92 Å². The minimum atomic E-state index is -0.424. The van der Waals surface area contributed by atoms with Crippen LogP contribution < -0.4 is 4.74 Å². The summed E-state index contributed by atoms with van der Waals surface area (Å²) in [6, 6.07) is 17.9. The van der Waals surface area contributed by atoms with E-state index in [9.17, 15) is 5.11 Å². The number of aliphatic hydroxyl groups is 1. The van der Waals surface area contributed by atoms with Crippen LogP contribution in [0.3, 0.4) is 0 Å². The average Bonchev–Trinajstić information content (AvgIpc) is 2.58. The molecule has 2 nitrogen and oxygen atoms in total. The molecule has 0 spiro atoms. The summed E-state index contributed by atoms with van der Waals surface area (Å²) in [7, 11) is 0. The molecule has 0 amide bonds. The molecule has 0 aliphatic rings. The Balaban J connectivity index is 1.97. The Kier molecular flexibility index (Phi) is 6.47. The number of ether oxygens (including phenoxy) is 1. The number of aliphatic hydroxyl groups excluding tert-OH is 1. The molecule has 2 aromatic rings. The summed E-state index contributed by atoms with van der Waals surface area (Å²) >= 11 is 0. The molecule has 118 valence electrons. The molecule has 0 aromatic heterocycles. The summed E-state index contributed by atoms with van der Waals surface area (Å²) in [6.45, 7) is 4.83. The van der Waals surface area contributed by atoms with E-state index in [1.54, 1.807) is 0 Å². The van der Waals surface area contributed by atoms with E-state index in [0.29, 0.717) is 6.61 Å². The van der Waals surface area contributed by atoms with Gasteiger partial charge in [0.2, 0.25) is 0 Å². The van der Waals surface area contributed by atoms with E-state index in [1.807, 2.05) is 54.6 Å². The molecule has 0 aliphatic heterocycles. The molecule has 2 heteroatoms. The summed E-state index contributed by atoms with van der Waals surface area (Å²) in [5.74, 6) is 1.08. The molecule has 0 saturated heterocycles. The van der Waals surface area contributed by atoms with Crippen LogP contribution in [-0.4, -0.2) is 5.11 Å². The average molecular weight is 298 g/mol. The van der Waals surface area contributed by atoms with Crippen molar-refractivity contribution in [1.82, 2.24) is 0 Å². The highest BCUT2D eigenvalue weighted by Crippen LogP contribution is 2.28. The van der Waals surface area contributed by atoms with Crippen LogP contribution in [0.5, 0.6) is 5.75 Å². The van der Waals surface area contributed by atoms with E-state index in [2.05, 4.69) is 13.8 Å². The lowest BCUT2D eigenvalue weighted by Crippen LogP contribution is -2.09. The smallest absolute Gasteiger partial charge is 0.120 e. The van der Waals surface area contributed by atoms with Gasteiger partial charge in [-0.1, -0.05) is 69.2 Å². The third-order valence-corrected chi connectivity index (χ3v) is 4.00. The van der Waals surface area contributed by atoms with Crippen molar-refractivity contribution in [2.45, 2.75) is 45.8 Å². The summed E-state index contributed by atoms with van der Waals surface area (Å²) in [5.41, 5.74) is 2.08. The third kappa shape index (κ3) is 4.88. The van der Waals surface area contributed by atoms with Gasteiger partial charge in [-0.2, -0.15) is 0 Å². The first kappa shape index (κ1) is 16.6. The number of benzene rings is 2. The molecule has 0 bridgehead atoms. The maximum absolute atomic E-state index is 10.5. The van der Waals surface area contributed by atoms with Crippen LogP contribution in [0.4, 0.5) is 0 Å². The lowest BCUT2D eigenvalue weighted by molar-refractivity contribution is 0.111. The van der Waals surface area contributed by atoms with Gasteiger partial charge in [0.25, 0.3) is 0 Å². The molecule has 0 fully saturated rings. The summed E-state index contributed by atoms with van der Waals surface area (Å²) < 4.78 is 5.83. The largest absolute Gasteiger partial charge is 0.489 e. The van der Waals surface area contributed by atoms with Crippen LogP contribution >= 0.6 is 0 Å². The number of rotatable bonds is 8. The van der Waals surface area contributed by atoms with E-state index in [-0.39, 0.29) is 5.92 Å². The first-order valence-electron chi connectivity index (χ1n) is 8.15. The van der Waals surface area contributed by atoms with Gasteiger partial charge in [-0.3, -0.25) is 0 Å². The summed E-state index contributed by atoms with van der Waals surface area (Å²) in [6.07, 6.45) is 2.94. The maximum Gasteiger partial charge on any atom is 0.120 e. The van der Waals surface area contributed by atoms with Crippen molar-refractivity contribution in [3.8, 4) is 5.75 Å². The van der Waals surface area contributed by atoms with Gasteiger partial charge in [0, 0.05) is 0 Å². The van der Waals surface area contributed by atoms with E-state index < -0.39 is 6.10 Å². The van der Waals surface area contributed by atoms with Gasteiger partial charge in [0.1, 0.15) is 12.4 Å². The van der Waals surface area contributed by atoms with Crippen LogP contribution in [0.1, 0.15) is 50.3 Å². The van der Waals surface area contributed by atoms with Crippen molar-refractivity contribution in [2.75, 3.05) is 0 Å². The number of hydrogen-bond donors (Lipinski definition) is 1. The topological polar surface area (TPSA) is 29.5 Å². The maximum atomic E-state index is 10.5. The van der Waals surface area contributed by atoms with Crippen molar-refractivity contribution in [3.63, 3.8) is 0 Å². The van der Waals surface area contributed by atoms with Gasteiger partial charge in [0.05, 0.1) is 6.10 Å². The van der Waals surface area contributed by atoms with Crippen LogP contribution in [0, 0.1) is 5.92 Å². The highest BCUT2D eigenvalue weighted by Gasteiger charge is 2.16. The predicted molar refractivity (Wildman–Crippen MR) is 90.9 cm³/mol. The second-order valence-electron chi connectivity index (χ2n) is 5.91. The van der Waals surface area contributed by atoms with E-state index in [0.717, 1.165) is 36.1 Å². The highest BCUT2D eigenvalue weighted by molar-refractivity contribution is 5.30. The second-order valence-corrected chi connectivity index (χ2v) is 5.91. The molecule has 0 saturated carbocycles. The standard InChI is InChI=1S/C20H26O2/c1-3-4-9-16(2)20(21)18-12-8-13-19(14-18)22-15-17-10-6-5-7-11-17/h5-8,10-14,16,20-21H,3-4,9,15H2,1-2H3/t16-,20+/m0/s1. The third-order valence-electron chi connectivity index (χ3n) is 4.00. The van der Waals surface area contributed by atoms with Gasteiger partial charge in [-0.05, 0) is 35.6 Å². The van der Waals surface area contributed by atoms with Gasteiger partial charge < -0.3 is 9.84 Å². The zero-order valence-electron chi connectivity index (χ0n) is 13.5. The molecule has 2 atom stereocenters. The van der Waals surface area contributed by atoms with E-state index >= 15 is 0 Å². The fourth-order valence-electron chi connectivity index (χ4n) is 2.54. The first-order chi connectivity index (χ1) is 10.7. The lowest BCUT2D eigenvalue weighted by Gasteiger charge is -2.19. The molecular formula is C20H26O2. The Morgan fingerprint density at radius 1 is 1.05 bits per heavy atom. The van der Waals surface area contributed by atoms with Crippen molar-refractivity contribution in [3.05, 3.63) is 65.7 Å². The fourth-order valence-corrected chi connectivity index (χ4v) is 2.54. The van der Waals surface area contributed by atoms with Crippen molar-refractivity contribution in [1.29, 1.82) is 0 Å². The highest BCUT2D eigenvalue weighted by atomic mass is 16.5. The molecule has 1 N–H and O–H groups in total. The monoisotopic (exact) mass is 298 g/mol. The molecule has 0 heterocycles. The van der Waals surface area contributed by atoms with Gasteiger partial charge in [-0.25, -0.2) is 0 Å². The zero-order valence-corrected chi connectivity index (χ0v) is 13.5. The number of hydrogen-bond acceptors (Lipinski definition) is 2. The Morgan fingerprint density at radius 3 is 2.55 bits per heavy atom. The minimum absolute atomic E-state index is 0.268. The molecule has 0 radical (unpaired) electrons. The van der Waals surface area contributed by atoms with Crippen LogP contribution in [0.2, 0.25) is 0 Å². The van der Waals surface area contributed by atoms with Crippen molar-refractivity contribution < 1.29 is 9.84 Å². The molecule has 22 heavy (non-hydrogen) atoms. The van der Waals surface area contributed by atoms with Gasteiger partial charge in [0.15, 0.2) is 0 Å². The Bertz CT molecular complexity index is 551. The molecule has 2 rings (SSSR count). The summed E-state index contributed by atoms with van der Waals surface area (Å²) in [5, 5.41) is 10.5. The number of unbranched alkanes of at least 4 members (excludes halogenated alkanes) is 1. The summed E-state index contributed by atoms with van der Waals surface area (Å²) in [4.78, 5) is 0. The van der Waals surface area contributed by atoms with Gasteiger partial charge >= 0.3 is 0 Å². The van der Waals surface area contributed by atoms with Crippen molar-refractivity contribution >= 4 is 0 Å².